The third-order valence-corrected chi connectivity index (χ3v) is 4.44. The molecule has 1 heterocycles. The van der Waals surface area contributed by atoms with Crippen LogP contribution in [0.15, 0.2) is 48.5 Å². The van der Waals surface area contributed by atoms with Crippen molar-refractivity contribution in [3.05, 3.63) is 59.7 Å². The summed E-state index contributed by atoms with van der Waals surface area (Å²) in [7, 11) is 1.24. The van der Waals surface area contributed by atoms with Crippen molar-refractivity contribution in [3.63, 3.8) is 0 Å². The Balaban J connectivity index is 1.68. The second-order valence-corrected chi connectivity index (χ2v) is 6.39. The molecule has 1 atom stereocenters. The van der Waals surface area contributed by atoms with Gasteiger partial charge in [0.05, 0.1) is 24.2 Å². The van der Waals surface area contributed by atoms with Crippen LogP contribution in [0.2, 0.25) is 0 Å². The zero-order valence-corrected chi connectivity index (χ0v) is 15.2. The lowest BCUT2D eigenvalue weighted by Gasteiger charge is -2.18. The second-order valence-electron chi connectivity index (χ2n) is 6.39. The number of halogens is 3. The smallest absolute Gasteiger partial charge is 0.416 e. The van der Waals surface area contributed by atoms with Crippen molar-refractivity contribution in [2.24, 2.45) is 5.92 Å². The maximum absolute atomic E-state index is 12.9. The molecular formula is C20H16F3NO5. The number of carbonyl (C=O) groups is 3. The number of nitrogens with zero attached hydrogens (tertiary/aromatic N) is 1. The Morgan fingerprint density at radius 1 is 1.10 bits per heavy atom. The van der Waals surface area contributed by atoms with Gasteiger partial charge in [0.15, 0.2) is 0 Å². The number of amides is 1. The van der Waals surface area contributed by atoms with E-state index in [0.29, 0.717) is 0 Å². The summed E-state index contributed by atoms with van der Waals surface area (Å²) in [5.74, 6) is -2.34. The minimum atomic E-state index is -4.53. The van der Waals surface area contributed by atoms with Crippen molar-refractivity contribution in [2.75, 3.05) is 18.6 Å². The standard InChI is InChI=1S/C20H16F3NO5/c1-28-18(26)12-5-7-16(8-6-12)29-19(27)13-9-17(25)24(11-13)15-4-2-3-14(10-15)20(21,22)23/h2-8,10,13H,9,11H2,1H3/t13-/m1/s1. The lowest BCUT2D eigenvalue weighted by molar-refractivity contribution is -0.139. The van der Waals surface area contributed by atoms with Crippen LogP contribution in [0.1, 0.15) is 22.3 Å². The topological polar surface area (TPSA) is 72.9 Å². The van der Waals surface area contributed by atoms with Crippen LogP contribution >= 0.6 is 0 Å². The van der Waals surface area contributed by atoms with E-state index in [4.69, 9.17) is 4.74 Å². The van der Waals surface area contributed by atoms with Crippen molar-refractivity contribution in [3.8, 4) is 5.75 Å². The predicted molar refractivity (Wildman–Crippen MR) is 95.3 cm³/mol. The second kappa shape index (κ2) is 7.94. The summed E-state index contributed by atoms with van der Waals surface area (Å²) in [6.45, 7) is -0.0841. The van der Waals surface area contributed by atoms with Crippen LogP contribution in [0.25, 0.3) is 0 Å². The highest BCUT2D eigenvalue weighted by molar-refractivity contribution is 5.99. The third kappa shape index (κ3) is 4.56. The van der Waals surface area contributed by atoms with E-state index >= 15 is 0 Å². The van der Waals surface area contributed by atoms with Gasteiger partial charge in [0.25, 0.3) is 0 Å². The zero-order valence-electron chi connectivity index (χ0n) is 15.2. The fourth-order valence-corrected chi connectivity index (χ4v) is 2.94. The van der Waals surface area contributed by atoms with Gasteiger partial charge in [-0.1, -0.05) is 6.07 Å². The quantitative estimate of drug-likeness (QED) is 0.574. The summed E-state index contributed by atoms with van der Waals surface area (Å²) < 4.78 is 48.5. The van der Waals surface area contributed by atoms with E-state index in [0.717, 1.165) is 17.0 Å². The van der Waals surface area contributed by atoms with Gasteiger partial charge in [-0.25, -0.2) is 4.79 Å². The molecule has 0 bridgehead atoms. The Kier molecular flexibility index (Phi) is 5.58. The monoisotopic (exact) mass is 407 g/mol. The number of ether oxygens (including phenoxy) is 2. The molecule has 0 unspecified atom stereocenters. The number of anilines is 1. The first-order chi connectivity index (χ1) is 13.7. The maximum Gasteiger partial charge on any atom is 0.416 e. The highest BCUT2D eigenvalue weighted by Crippen LogP contribution is 2.33. The highest BCUT2D eigenvalue weighted by atomic mass is 19.4. The molecule has 1 fully saturated rings. The SMILES string of the molecule is COC(=O)c1ccc(OC(=O)[C@@H]2CC(=O)N(c3cccc(C(F)(F)F)c3)C2)cc1. The van der Waals surface area contributed by atoms with E-state index in [1.807, 2.05) is 0 Å². The number of rotatable bonds is 4. The molecule has 0 spiro atoms. The lowest BCUT2D eigenvalue weighted by Crippen LogP contribution is -2.27. The van der Waals surface area contributed by atoms with Crippen LogP contribution in [0.3, 0.4) is 0 Å². The average Bonchev–Trinajstić information content (AvgIpc) is 3.09. The molecule has 0 N–H and O–H groups in total. The fourth-order valence-electron chi connectivity index (χ4n) is 2.94. The van der Waals surface area contributed by atoms with Gasteiger partial charge in [0.2, 0.25) is 5.91 Å². The first kappa shape index (κ1) is 20.4. The molecule has 0 radical (unpaired) electrons. The van der Waals surface area contributed by atoms with E-state index in [2.05, 4.69) is 4.74 Å². The largest absolute Gasteiger partial charge is 0.465 e. The van der Waals surface area contributed by atoms with Gasteiger partial charge in [-0.3, -0.25) is 9.59 Å². The molecule has 3 rings (SSSR count). The molecule has 6 nitrogen and oxygen atoms in total. The van der Waals surface area contributed by atoms with Crippen molar-refractivity contribution in [2.45, 2.75) is 12.6 Å². The molecule has 1 aliphatic rings. The van der Waals surface area contributed by atoms with Gasteiger partial charge in [0, 0.05) is 18.7 Å². The van der Waals surface area contributed by atoms with Crippen LogP contribution in [-0.4, -0.2) is 31.5 Å². The van der Waals surface area contributed by atoms with Crippen molar-refractivity contribution in [1.29, 1.82) is 0 Å². The molecule has 0 saturated carbocycles. The summed E-state index contributed by atoms with van der Waals surface area (Å²) in [4.78, 5) is 37.2. The molecule has 9 heteroatoms. The molecule has 0 aliphatic carbocycles. The maximum atomic E-state index is 12.9. The number of carbonyl (C=O) groups excluding carboxylic acids is 3. The Labute approximate surface area is 163 Å². The molecule has 0 aromatic heterocycles. The Bertz CT molecular complexity index is 940. The summed E-state index contributed by atoms with van der Waals surface area (Å²) in [6, 6.07) is 10.0. The van der Waals surface area contributed by atoms with Gasteiger partial charge in [-0.15, -0.1) is 0 Å². The van der Waals surface area contributed by atoms with Gasteiger partial charge in [-0.2, -0.15) is 13.2 Å². The normalized spacial score (nSPS) is 16.6. The Hall–Kier alpha value is -3.36. The number of methoxy groups -OCH3 is 1. The highest BCUT2D eigenvalue weighted by Gasteiger charge is 2.37. The molecule has 1 aliphatic heterocycles. The molecule has 29 heavy (non-hydrogen) atoms. The van der Waals surface area contributed by atoms with Gasteiger partial charge < -0.3 is 14.4 Å². The number of esters is 2. The van der Waals surface area contributed by atoms with Crippen LogP contribution in [0, 0.1) is 5.92 Å². The molecule has 152 valence electrons. The molecule has 1 saturated heterocycles. The first-order valence-electron chi connectivity index (χ1n) is 8.56. The summed E-state index contributed by atoms with van der Waals surface area (Å²) in [5, 5.41) is 0. The number of alkyl halides is 3. The van der Waals surface area contributed by atoms with Gasteiger partial charge in [0.1, 0.15) is 5.75 Å². The van der Waals surface area contributed by atoms with Crippen LogP contribution < -0.4 is 9.64 Å². The van der Waals surface area contributed by atoms with Crippen molar-refractivity contribution in [1.82, 2.24) is 0 Å². The fraction of sp³-hybridized carbons (Fsp3) is 0.250. The predicted octanol–water partition coefficient (Wildman–Crippen LogP) is 3.45. The van der Waals surface area contributed by atoms with E-state index < -0.39 is 35.5 Å². The molecule has 1 amide bonds. The average molecular weight is 407 g/mol. The Morgan fingerprint density at radius 3 is 2.41 bits per heavy atom. The third-order valence-electron chi connectivity index (χ3n) is 4.44. The minimum Gasteiger partial charge on any atom is -0.465 e. The lowest BCUT2D eigenvalue weighted by atomic mass is 10.1. The zero-order chi connectivity index (χ0) is 21.2. The Morgan fingerprint density at radius 2 is 1.79 bits per heavy atom. The molecule has 2 aromatic rings. The number of hydrogen-bond donors (Lipinski definition) is 0. The first-order valence-corrected chi connectivity index (χ1v) is 8.56. The molecular weight excluding hydrogens is 391 g/mol. The van der Waals surface area contributed by atoms with Crippen molar-refractivity contribution < 1.29 is 37.0 Å². The van der Waals surface area contributed by atoms with Crippen molar-refractivity contribution >= 4 is 23.5 Å². The number of hydrogen-bond acceptors (Lipinski definition) is 5. The van der Waals surface area contributed by atoms with E-state index in [9.17, 15) is 27.6 Å². The van der Waals surface area contributed by atoms with E-state index in [1.54, 1.807) is 0 Å². The van der Waals surface area contributed by atoms with Crippen LogP contribution in [-0.2, 0) is 20.5 Å². The summed E-state index contributed by atoms with van der Waals surface area (Å²) in [6.07, 6.45) is -4.71. The van der Waals surface area contributed by atoms with Crippen LogP contribution in [0.4, 0.5) is 18.9 Å². The van der Waals surface area contributed by atoms with Gasteiger partial charge >= 0.3 is 18.1 Å². The summed E-state index contributed by atoms with van der Waals surface area (Å²) in [5.41, 5.74) is -0.527. The molecule has 2 aromatic carbocycles. The minimum absolute atomic E-state index is 0.0718. The van der Waals surface area contributed by atoms with Crippen LogP contribution in [0.5, 0.6) is 5.75 Å². The number of benzene rings is 2. The van der Waals surface area contributed by atoms with Gasteiger partial charge in [-0.05, 0) is 42.5 Å². The van der Waals surface area contributed by atoms with E-state index in [1.165, 1.54) is 43.5 Å². The van der Waals surface area contributed by atoms with E-state index in [-0.39, 0.29) is 30.0 Å². The summed E-state index contributed by atoms with van der Waals surface area (Å²) >= 11 is 0.